The fourth-order valence-corrected chi connectivity index (χ4v) is 3.87. The molecule has 1 amide bonds. The highest BCUT2D eigenvalue weighted by Gasteiger charge is 2.24. The highest BCUT2D eigenvalue weighted by Crippen LogP contribution is 2.23. The van der Waals surface area contributed by atoms with E-state index >= 15 is 0 Å². The summed E-state index contributed by atoms with van der Waals surface area (Å²) in [5.74, 6) is -0.339. The Hall–Kier alpha value is -2.19. The summed E-state index contributed by atoms with van der Waals surface area (Å²) in [6.07, 6.45) is 3.23. The van der Waals surface area contributed by atoms with Gasteiger partial charge < -0.3 is 4.98 Å². The monoisotopic (exact) mass is 320 g/mol. The van der Waals surface area contributed by atoms with Gasteiger partial charge in [0.05, 0.1) is 16.9 Å². The second-order valence-corrected chi connectivity index (χ2v) is 6.88. The van der Waals surface area contributed by atoms with Crippen LogP contribution in [0.1, 0.15) is 5.69 Å². The first-order valence-electron chi connectivity index (χ1n) is 5.95. The van der Waals surface area contributed by atoms with Gasteiger partial charge in [-0.05, 0) is 23.6 Å². The molecule has 0 spiro atoms. The van der Waals surface area contributed by atoms with Crippen molar-refractivity contribution in [1.82, 2.24) is 9.97 Å². The molecule has 3 rings (SSSR count). The van der Waals surface area contributed by atoms with Crippen LogP contribution >= 0.6 is 11.3 Å². The number of carbonyl (C=O) groups excluding carboxylic acids is 1. The van der Waals surface area contributed by atoms with Gasteiger partial charge in [0.25, 0.3) is 0 Å². The van der Waals surface area contributed by atoms with E-state index in [4.69, 9.17) is 0 Å². The number of thiazole rings is 1. The number of amides is 1. The normalized spacial score (nSPS) is 11.6. The molecule has 0 saturated carbocycles. The number of hydrogen-bond acceptors (Lipinski definition) is 5. The number of fused-ring (bicyclic) bond motifs is 1. The molecule has 0 atom stereocenters. The van der Waals surface area contributed by atoms with E-state index in [1.807, 2.05) is 6.07 Å². The first-order chi connectivity index (χ1) is 10.1. The van der Waals surface area contributed by atoms with Crippen molar-refractivity contribution in [3.05, 3.63) is 47.0 Å². The van der Waals surface area contributed by atoms with E-state index in [0.717, 1.165) is 10.9 Å². The quantitative estimate of drug-likeness (QED) is 0.729. The molecule has 1 radical (unpaired) electrons. The van der Waals surface area contributed by atoms with Crippen LogP contribution in [0.5, 0.6) is 0 Å². The number of hydrogen-bond donors (Lipinski definition) is 1. The zero-order valence-corrected chi connectivity index (χ0v) is 12.3. The van der Waals surface area contributed by atoms with Crippen molar-refractivity contribution in [3.8, 4) is 0 Å². The molecule has 107 valence electrons. The van der Waals surface area contributed by atoms with Crippen LogP contribution < -0.4 is 4.31 Å². The molecular weight excluding hydrogens is 310 g/mol. The van der Waals surface area contributed by atoms with Crippen LogP contribution in [-0.4, -0.2) is 24.8 Å². The highest BCUT2D eigenvalue weighted by atomic mass is 32.2. The molecule has 0 aliphatic rings. The summed E-state index contributed by atoms with van der Waals surface area (Å²) in [7, 11) is -3.86. The van der Waals surface area contributed by atoms with E-state index in [0.29, 0.717) is 10.00 Å². The van der Waals surface area contributed by atoms with Crippen molar-refractivity contribution in [1.29, 1.82) is 0 Å². The second-order valence-electron chi connectivity index (χ2n) is 4.34. The Morgan fingerprint density at radius 1 is 1.33 bits per heavy atom. The van der Waals surface area contributed by atoms with Gasteiger partial charge in [-0.2, -0.15) is 4.31 Å². The number of nitrogens with zero attached hydrogens (tertiary/aromatic N) is 2. The summed E-state index contributed by atoms with van der Waals surface area (Å²) in [6.45, 7) is 0. The fraction of sp³-hybridized carbons (Fsp3) is 0.0769. The molecule has 2 aromatic heterocycles. The molecule has 1 aromatic carbocycles. The Morgan fingerprint density at radius 3 is 2.90 bits per heavy atom. The summed E-state index contributed by atoms with van der Waals surface area (Å²) < 4.78 is 25.3. The van der Waals surface area contributed by atoms with Crippen molar-refractivity contribution in [2.45, 2.75) is 5.75 Å². The van der Waals surface area contributed by atoms with Gasteiger partial charge in [-0.1, -0.05) is 6.07 Å². The molecule has 8 heteroatoms. The Labute approximate surface area is 125 Å². The number of aromatic amines is 1. The van der Waals surface area contributed by atoms with Crippen LogP contribution in [0, 0.1) is 0 Å². The van der Waals surface area contributed by atoms with E-state index < -0.39 is 10.0 Å². The number of nitrogens with one attached hydrogen (secondary N) is 1. The molecule has 6 nitrogen and oxygen atoms in total. The fourth-order valence-electron chi connectivity index (χ4n) is 1.99. The average molecular weight is 320 g/mol. The third kappa shape index (κ3) is 2.67. The van der Waals surface area contributed by atoms with Crippen LogP contribution in [0.25, 0.3) is 10.9 Å². The lowest BCUT2D eigenvalue weighted by molar-refractivity contribution is 0.553. The predicted octanol–water partition coefficient (Wildman–Crippen LogP) is 2.03. The summed E-state index contributed by atoms with van der Waals surface area (Å²) in [5, 5.41) is 2.57. The van der Waals surface area contributed by atoms with Crippen molar-refractivity contribution in [2.24, 2.45) is 0 Å². The minimum absolute atomic E-state index is 0.246. The van der Waals surface area contributed by atoms with E-state index in [9.17, 15) is 13.2 Å². The molecule has 2 heterocycles. The van der Waals surface area contributed by atoms with Crippen LogP contribution in [0.2, 0.25) is 0 Å². The van der Waals surface area contributed by atoms with Gasteiger partial charge in [0.15, 0.2) is 0 Å². The first kappa shape index (κ1) is 13.8. The van der Waals surface area contributed by atoms with Crippen LogP contribution in [0.4, 0.5) is 5.69 Å². The molecule has 0 unspecified atom stereocenters. The summed E-state index contributed by atoms with van der Waals surface area (Å²) in [6, 6.07) is 6.76. The van der Waals surface area contributed by atoms with Gasteiger partial charge >= 0.3 is 6.41 Å². The topological polar surface area (TPSA) is 83.1 Å². The Kier molecular flexibility index (Phi) is 3.48. The minimum atomic E-state index is -3.86. The van der Waals surface area contributed by atoms with Crippen molar-refractivity contribution >= 4 is 44.4 Å². The lowest BCUT2D eigenvalue weighted by atomic mass is 10.2. The van der Waals surface area contributed by atoms with Crippen molar-refractivity contribution in [3.63, 3.8) is 0 Å². The van der Waals surface area contributed by atoms with E-state index in [-0.39, 0.29) is 11.4 Å². The third-order valence-corrected chi connectivity index (χ3v) is 5.09. The summed E-state index contributed by atoms with van der Waals surface area (Å²) >= 11 is 1.30. The number of rotatable bonds is 5. The number of anilines is 1. The zero-order chi connectivity index (χ0) is 14.9. The second kappa shape index (κ2) is 5.30. The van der Waals surface area contributed by atoms with Gasteiger partial charge in [-0.3, -0.25) is 4.79 Å². The molecule has 3 aromatic rings. The number of sulfonamides is 1. The zero-order valence-electron chi connectivity index (χ0n) is 10.7. The minimum Gasteiger partial charge on any atom is -0.361 e. The molecule has 0 bridgehead atoms. The van der Waals surface area contributed by atoms with Gasteiger partial charge in [0.2, 0.25) is 10.0 Å². The lowest BCUT2D eigenvalue weighted by Gasteiger charge is -2.16. The van der Waals surface area contributed by atoms with E-state index in [2.05, 4.69) is 9.97 Å². The molecule has 21 heavy (non-hydrogen) atoms. The SMILES string of the molecule is O=[C]N(c1ccc2cc[nH]c2c1)S(=O)(=O)Cc1cscn1. The van der Waals surface area contributed by atoms with Crippen LogP contribution in [0.3, 0.4) is 0 Å². The number of aromatic nitrogens is 2. The standard InChI is InChI=1S/C13H10N3O3S2/c17-9-16(21(18,19)7-11-6-20-8-15-11)12-2-1-10-3-4-14-13(10)5-12/h1-6,8,14H,7H2. The highest BCUT2D eigenvalue weighted by molar-refractivity contribution is 7.92. The van der Waals surface area contributed by atoms with Crippen LogP contribution in [0.15, 0.2) is 41.4 Å². The van der Waals surface area contributed by atoms with E-state index in [1.54, 1.807) is 35.3 Å². The Bertz CT molecular complexity index is 869. The smallest absolute Gasteiger partial charge is 0.331 e. The lowest BCUT2D eigenvalue weighted by Crippen LogP contribution is -2.30. The maximum atomic E-state index is 12.3. The number of benzene rings is 1. The van der Waals surface area contributed by atoms with E-state index in [1.165, 1.54) is 17.7 Å². The largest absolute Gasteiger partial charge is 0.361 e. The molecule has 0 fully saturated rings. The van der Waals surface area contributed by atoms with Crippen molar-refractivity contribution < 1.29 is 13.2 Å². The Balaban J connectivity index is 1.98. The average Bonchev–Trinajstić information content (AvgIpc) is 3.09. The number of H-pyrrole nitrogens is 1. The van der Waals surface area contributed by atoms with Gasteiger partial charge in [-0.15, -0.1) is 11.3 Å². The molecule has 0 saturated heterocycles. The Morgan fingerprint density at radius 2 is 2.19 bits per heavy atom. The van der Waals surface area contributed by atoms with Crippen molar-refractivity contribution in [2.75, 3.05) is 4.31 Å². The molecular formula is C13H10N3O3S2. The molecule has 0 aliphatic carbocycles. The van der Waals surface area contributed by atoms with Gasteiger partial charge in [-0.25, -0.2) is 13.4 Å². The predicted molar refractivity (Wildman–Crippen MR) is 81.2 cm³/mol. The summed E-state index contributed by atoms with van der Waals surface area (Å²) in [4.78, 5) is 18.1. The maximum absolute atomic E-state index is 12.3. The van der Waals surface area contributed by atoms with Gasteiger partial charge in [0.1, 0.15) is 5.75 Å². The third-order valence-electron chi connectivity index (χ3n) is 2.95. The first-order valence-corrected chi connectivity index (χ1v) is 8.50. The maximum Gasteiger partial charge on any atom is 0.331 e. The van der Waals surface area contributed by atoms with Crippen LogP contribution in [-0.2, 0) is 20.6 Å². The molecule has 1 N–H and O–H groups in total. The van der Waals surface area contributed by atoms with Gasteiger partial charge in [0, 0.05) is 17.1 Å². The summed E-state index contributed by atoms with van der Waals surface area (Å²) in [5.41, 5.74) is 2.94. The molecule has 0 aliphatic heterocycles.